The van der Waals surface area contributed by atoms with Gasteiger partial charge < -0.3 is 16.0 Å². The van der Waals surface area contributed by atoms with Crippen LogP contribution in [0.4, 0.5) is 0 Å². The third kappa shape index (κ3) is 9.26. The van der Waals surface area contributed by atoms with E-state index in [1.165, 1.54) is 17.5 Å². The van der Waals surface area contributed by atoms with Crippen molar-refractivity contribution in [3.63, 3.8) is 0 Å². The summed E-state index contributed by atoms with van der Waals surface area (Å²) in [7, 11) is 0. The number of para-hydroxylation sites is 1. The predicted molar refractivity (Wildman–Crippen MR) is 221 cm³/mol. The second kappa shape index (κ2) is 17.8. The summed E-state index contributed by atoms with van der Waals surface area (Å²) in [6.07, 6.45) is 4.31. The molecule has 0 bridgehead atoms. The molecule has 286 valence electrons. The number of fused-ring (bicyclic) bond motifs is 1. The number of rotatable bonds is 12. The fraction of sp³-hybridized carbons (Fsp3) is 0.261. The van der Waals surface area contributed by atoms with Crippen LogP contribution in [0.1, 0.15) is 92.1 Å². The van der Waals surface area contributed by atoms with Gasteiger partial charge in [0.15, 0.2) is 0 Å². The van der Waals surface area contributed by atoms with E-state index in [0.717, 1.165) is 64.9 Å². The molecule has 10 heteroatoms. The quantitative estimate of drug-likeness (QED) is 0.129. The van der Waals surface area contributed by atoms with Crippen LogP contribution in [-0.2, 0) is 0 Å². The Bertz CT molecular complexity index is 2380. The second-order valence-electron chi connectivity index (χ2n) is 14.3. The van der Waals surface area contributed by atoms with E-state index in [1.807, 2.05) is 111 Å². The molecule has 3 N–H and O–H groups in total. The molecule has 0 atom stereocenters. The van der Waals surface area contributed by atoms with E-state index in [9.17, 15) is 19.2 Å². The summed E-state index contributed by atoms with van der Waals surface area (Å²) in [6, 6.07) is 33.4. The molecule has 1 aromatic heterocycles. The summed E-state index contributed by atoms with van der Waals surface area (Å²) in [5, 5.41) is 11.0. The topological polar surface area (TPSA) is 140 Å². The van der Waals surface area contributed by atoms with Crippen LogP contribution in [0, 0.1) is 19.8 Å². The zero-order chi connectivity index (χ0) is 39.8. The third-order valence-corrected chi connectivity index (χ3v) is 9.92. The van der Waals surface area contributed by atoms with E-state index in [4.69, 9.17) is 5.73 Å². The Labute approximate surface area is 327 Å². The number of aromatic nitrogens is 3. The van der Waals surface area contributed by atoms with Crippen molar-refractivity contribution < 1.29 is 19.2 Å². The highest BCUT2D eigenvalue weighted by Gasteiger charge is 2.27. The van der Waals surface area contributed by atoms with E-state index >= 15 is 0 Å². The van der Waals surface area contributed by atoms with Gasteiger partial charge in [0.1, 0.15) is 5.52 Å². The molecule has 3 amide bonds. The van der Waals surface area contributed by atoms with Gasteiger partial charge in [-0.2, -0.15) is 4.68 Å². The number of carbonyl (C=O) groups is 4. The maximum Gasteiger partial charge on any atom is 0.280 e. The maximum absolute atomic E-state index is 13.1. The van der Waals surface area contributed by atoms with Gasteiger partial charge in [-0.15, -0.1) is 5.10 Å². The van der Waals surface area contributed by atoms with Crippen LogP contribution in [0.5, 0.6) is 0 Å². The SMILES string of the molecule is CCCN(CC1CC1)C(=O)c1ccc(C)c(-c2ccc(C(N)=O)cc2)c1.CCCNC(=O)c1cccc(-c2cc(C(=O)n3nnc4ccccc43)ccc2C)c1. The number of nitrogens with zero attached hydrogens (tertiary/aromatic N) is 4. The predicted octanol–water partition coefficient (Wildman–Crippen LogP) is 8.26. The van der Waals surface area contributed by atoms with Gasteiger partial charge in [-0.05, 0) is 139 Å². The lowest BCUT2D eigenvalue weighted by Crippen LogP contribution is -2.33. The van der Waals surface area contributed by atoms with Gasteiger partial charge in [0.05, 0.1) is 5.52 Å². The molecular weight excluding hydrogens is 701 g/mol. The fourth-order valence-electron chi connectivity index (χ4n) is 6.60. The van der Waals surface area contributed by atoms with Crippen LogP contribution < -0.4 is 11.1 Å². The van der Waals surface area contributed by atoms with Gasteiger partial charge in [-0.25, -0.2) is 0 Å². The normalized spacial score (nSPS) is 12.1. The number of hydrogen-bond acceptors (Lipinski definition) is 6. The molecule has 1 aliphatic rings. The van der Waals surface area contributed by atoms with E-state index in [-0.39, 0.29) is 17.7 Å². The summed E-state index contributed by atoms with van der Waals surface area (Å²) >= 11 is 0. The number of primary amides is 1. The molecule has 1 fully saturated rings. The molecule has 7 rings (SSSR count). The van der Waals surface area contributed by atoms with Gasteiger partial charge in [0, 0.05) is 41.9 Å². The Morgan fingerprint density at radius 1 is 0.732 bits per heavy atom. The first-order valence-corrected chi connectivity index (χ1v) is 19.2. The minimum absolute atomic E-state index is 0.0994. The average molecular weight is 749 g/mol. The van der Waals surface area contributed by atoms with Crippen molar-refractivity contribution in [3.05, 3.63) is 143 Å². The van der Waals surface area contributed by atoms with Crippen molar-refractivity contribution in [3.8, 4) is 22.3 Å². The van der Waals surface area contributed by atoms with Gasteiger partial charge in [0.2, 0.25) is 5.91 Å². The molecule has 56 heavy (non-hydrogen) atoms. The van der Waals surface area contributed by atoms with E-state index in [0.29, 0.717) is 40.2 Å². The van der Waals surface area contributed by atoms with Gasteiger partial charge >= 0.3 is 0 Å². The third-order valence-electron chi connectivity index (χ3n) is 9.92. The Morgan fingerprint density at radius 3 is 2.07 bits per heavy atom. The lowest BCUT2D eigenvalue weighted by atomic mass is 9.96. The van der Waals surface area contributed by atoms with Crippen LogP contribution in [0.2, 0.25) is 0 Å². The molecule has 0 radical (unpaired) electrons. The highest BCUT2D eigenvalue weighted by Crippen LogP contribution is 2.31. The van der Waals surface area contributed by atoms with E-state index < -0.39 is 5.91 Å². The fourth-order valence-corrected chi connectivity index (χ4v) is 6.60. The minimum atomic E-state index is -0.438. The molecule has 1 heterocycles. The first-order chi connectivity index (χ1) is 27.1. The lowest BCUT2D eigenvalue weighted by molar-refractivity contribution is 0.0747. The number of amides is 3. The Morgan fingerprint density at radius 2 is 1.39 bits per heavy atom. The van der Waals surface area contributed by atoms with E-state index in [1.54, 1.807) is 24.3 Å². The molecular formula is C46H48N6O4. The molecule has 6 aromatic rings. The molecule has 0 unspecified atom stereocenters. The first-order valence-electron chi connectivity index (χ1n) is 19.2. The number of nitrogens with two attached hydrogens (primary N) is 1. The largest absolute Gasteiger partial charge is 0.366 e. The monoisotopic (exact) mass is 748 g/mol. The van der Waals surface area contributed by atoms with Crippen LogP contribution >= 0.6 is 0 Å². The molecule has 0 saturated heterocycles. The summed E-state index contributed by atoms with van der Waals surface area (Å²) in [4.78, 5) is 51.7. The molecule has 5 aromatic carbocycles. The van der Waals surface area contributed by atoms with Gasteiger partial charge in [-0.1, -0.05) is 67.6 Å². The molecule has 10 nitrogen and oxygen atoms in total. The summed E-state index contributed by atoms with van der Waals surface area (Å²) in [5.41, 5.74) is 14.8. The van der Waals surface area contributed by atoms with Crippen molar-refractivity contribution in [1.82, 2.24) is 25.2 Å². The number of nitrogens with one attached hydrogen (secondary N) is 1. The molecule has 1 aliphatic carbocycles. The van der Waals surface area contributed by atoms with Crippen molar-refractivity contribution in [2.24, 2.45) is 11.7 Å². The smallest absolute Gasteiger partial charge is 0.280 e. The zero-order valence-corrected chi connectivity index (χ0v) is 32.4. The van der Waals surface area contributed by atoms with Crippen molar-refractivity contribution in [1.29, 1.82) is 0 Å². The lowest BCUT2D eigenvalue weighted by Gasteiger charge is -2.22. The molecule has 0 spiro atoms. The first kappa shape index (κ1) is 39.3. The van der Waals surface area contributed by atoms with Gasteiger partial charge in [-0.3, -0.25) is 19.2 Å². The number of carbonyl (C=O) groups excluding carboxylic acids is 4. The number of benzene rings is 5. The second-order valence-corrected chi connectivity index (χ2v) is 14.3. The van der Waals surface area contributed by atoms with Crippen LogP contribution in [0.15, 0.2) is 109 Å². The van der Waals surface area contributed by atoms with Crippen LogP contribution in [0.25, 0.3) is 33.3 Å². The summed E-state index contributed by atoms with van der Waals surface area (Å²) in [5.74, 6) is -0.00235. The number of aryl methyl sites for hydroxylation is 2. The summed E-state index contributed by atoms with van der Waals surface area (Å²) < 4.78 is 1.32. The Kier molecular flexibility index (Phi) is 12.5. The zero-order valence-electron chi connectivity index (χ0n) is 32.4. The molecule has 1 saturated carbocycles. The van der Waals surface area contributed by atoms with Crippen molar-refractivity contribution in [2.45, 2.75) is 53.4 Å². The highest BCUT2D eigenvalue weighted by molar-refractivity contribution is 6.01. The highest BCUT2D eigenvalue weighted by atomic mass is 16.2. The maximum atomic E-state index is 13.1. The van der Waals surface area contributed by atoms with Crippen LogP contribution in [-0.4, -0.2) is 63.2 Å². The Balaban J connectivity index is 0.000000192. The van der Waals surface area contributed by atoms with E-state index in [2.05, 4.69) is 22.6 Å². The standard InChI is InChI=1S/C24H22N4O2.C22H26N2O2/c1-3-13-25-23(29)18-8-6-7-17(14-18)20-15-19(12-11-16(20)2)24(30)28-22-10-5-4-9-21(22)26-27-28;1-3-12-24(14-16-5-6-16)22(26)19-7-4-15(2)20(13-19)17-8-10-18(11-9-17)21(23)25/h4-12,14-15H,3,13H2,1-2H3,(H,25,29);4,7-11,13,16H,3,5-6,12,14H2,1-2H3,(H2,23,25). The van der Waals surface area contributed by atoms with Crippen molar-refractivity contribution >= 4 is 34.7 Å². The summed E-state index contributed by atoms with van der Waals surface area (Å²) in [6.45, 7) is 10.4. The average Bonchev–Trinajstić information content (AvgIpc) is 3.94. The minimum Gasteiger partial charge on any atom is -0.366 e. The number of hydrogen-bond donors (Lipinski definition) is 2. The van der Waals surface area contributed by atoms with Crippen LogP contribution in [0.3, 0.4) is 0 Å². The molecule has 0 aliphatic heterocycles. The van der Waals surface area contributed by atoms with Gasteiger partial charge in [0.25, 0.3) is 17.7 Å². The van der Waals surface area contributed by atoms with Crippen molar-refractivity contribution in [2.75, 3.05) is 19.6 Å². The Hall–Kier alpha value is -6.42.